The van der Waals surface area contributed by atoms with Crippen LogP contribution in [0, 0.1) is 6.92 Å². The number of aromatic nitrogens is 3. The van der Waals surface area contributed by atoms with Crippen LogP contribution in [0.25, 0.3) is 5.65 Å². The Kier molecular flexibility index (Phi) is 4.16. The number of hydrogen-bond donors (Lipinski definition) is 1. The molecule has 0 atom stereocenters. The summed E-state index contributed by atoms with van der Waals surface area (Å²) in [5.41, 5.74) is -1.89. The van der Waals surface area contributed by atoms with E-state index >= 15 is 0 Å². The molecule has 5 nitrogen and oxygen atoms in total. The lowest BCUT2D eigenvalue weighted by atomic mass is 10.2. The number of rotatable bonds is 3. The molecule has 2 aromatic heterocycles. The second kappa shape index (κ2) is 5.92. The summed E-state index contributed by atoms with van der Waals surface area (Å²) in [4.78, 5) is 16.1. The van der Waals surface area contributed by atoms with Crippen LogP contribution in [0.1, 0.15) is 47.6 Å². The zero-order valence-electron chi connectivity index (χ0n) is 13.2. The Labute approximate surface area is 139 Å². The molecule has 0 saturated heterocycles. The van der Waals surface area contributed by atoms with Gasteiger partial charge in [0.2, 0.25) is 0 Å². The van der Waals surface area contributed by atoms with Crippen molar-refractivity contribution < 1.29 is 26.7 Å². The molecular formula is C15H15F5N4O. The maximum atomic E-state index is 13.8. The normalized spacial score (nSPS) is 16.6. The Bertz CT molecular complexity index is 808. The van der Waals surface area contributed by atoms with E-state index in [1.54, 1.807) is 0 Å². The van der Waals surface area contributed by atoms with Gasteiger partial charge < -0.3 is 5.32 Å². The number of alkyl halides is 5. The van der Waals surface area contributed by atoms with Crippen LogP contribution in [0.2, 0.25) is 0 Å². The van der Waals surface area contributed by atoms with Gasteiger partial charge in [-0.05, 0) is 25.8 Å². The van der Waals surface area contributed by atoms with Crippen LogP contribution in [0.5, 0.6) is 0 Å². The summed E-state index contributed by atoms with van der Waals surface area (Å²) < 4.78 is 66.1. The highest BCUT2D eigenvalue weighted by atomic mass is 19.4. The second-order valence-corrected chi connectivity index (χ2v) is 6.11. The van der Waals surface area contributed by atoms with Gasteiger partial charge in [0.05, 0.1) is 0 Å². The summed E-state index contributed by atoms with van der Waals surface area (Å²) in [7, 11) is 0. The number of carbonyl (C=O) groups excluding carboxylic acids is 1. The maximum Gasteiger partial charge on any atom is 0.459 e. The predicted octanol–water partition coefficient (Wildman–Crippen LogP) is 3.36. The lowest BCUT2D eigenvalue weighted by molar-refractivity contribution is -0.291. The Balaban J connectivity index is 2.02. The highest BCUT2D eigenvalue weighted by Gasteiger charge is 2.60. The van der Waals surface area contributed by atoms with Gasteiger partial charge in [0, 0.05) is 17.8 Å². The van der Waals surface area contributed by atoms with E-state index in [0.717, 1.165) is 31.7 Å². The monoisotopic (exact) mass is 362 g/mol. The molecule has 1 aliphatic carbocycles. The number of halogens is 5. The van der Waals surface area contributed by atoms with Crippen LogP contribution in [0.3, 0.4) is 0 Å². The highest BCUT2D eigenvalue weighted by Crippen LogP contribution is 2.43. The van der Waals surface area contributed by atoms with Crippen molar-refractivity contribution in [2.45, 2.75) is 50.7 Å². The lowest BCUT2D eigenvalue weighted by Crippen LogP contribution is -2.36. The number of amides is 1. The molecule has 0 unspecified atom stereocenters. The van der Waals surface area contributed by atoms with E-state index in [1.165, 1.54) is 6.92 Å². The maximum absolute atomic E-state index is 13.8. The molecule has 1 N–H and O–H groups in total. The molecule has 1 fully saturated rings. The van der Waals surface area contributed by atoms with Crippen molar-refractivity contribution in [1.29, 1.82) is 0 Å². The first-order chi connectivity index (χ1) is 11.6. The van der Waals surface area contributed by atoms with Gasteiger partial charge in [-0.15, -0.1) is 0 Å². The summed E-state index contributed by atoms with van der Waals surface area (Å²) in [5, 5.41) is 6.34. The number of nitrogens with one attached hydrogen (secondary N) is 1. The van der Waals surface area contributed by atoms with E-state index in [2.05, 4.69) is 15.4 Å². The van der Waals surface area contributed by atoms with Crippen molar-refractivity contribution in [2.24, 2.45) is 0 Å². The van der Waals surface area contributed by atoms with Crippen molar-refractivity contribution in [3.8, 4) is 0 Å². The minimum absolute atomic E-state index is 0.0333. The predicted molar refractivity (Wildman–Crippen MR) is 77.4 cm³/mol. The van der Waals surface area contributed by atoms with Gasteiger partial charge in [-0.2, -0.15) is 27.1 Å². The van der Waals surface area contributed by atoms with Gasteiger partial charge >= 0.3 is 12.1 Å². The Morgan fingerprint density at radius 2 is 1.84 bits per heavy atom. The number of fused-ring (bicyclic) bond motifs is 1. The molecule has 1 amide bonds. The van der Waals surface area contributed by atoms with Crippen molar-refractivity contribution in [3.05, 3.63) is 29.2 Å². The summed E-state index contributed by atoms with van der Waals surface area (Å²) in [6.07, 6.45) is -2.24. The lowest BCUT2D eigenvalue weighted by Gasteiger charge is -2.20. The summed E-state index contributed by atoms with van der Waals surface area (Å²) in [6, 6.07) is 1.68. The standard InChI is InChI=1S/C15H15F5N4O/c1-8-6-11(14(16,17)15(18,19)20)24-12(21-8)7-10(23-24)13(25)22-9-4-2-3-5-9/h6-7,9H,2-5H2,1H3,(H,22,25). The molecule has 10 heteroatoms. The number of carbonyl (C=O) groups is 1. The fourth-order valence-electron chi connectivity index (χ4n) is 2.91. The Morgan fingerprint density at radius 3 is 2.44 bits per heavy atom. The van der Waals surface area contributed by atoms with Crippen LogP contribution in [0.4, 0.5) is 22.0 Å². The van der Waals surface area contributed by atoms with E-state index in [1.807, 2.05) is 0 Å². The Morgan fingerprint density at radius 1 is 1.20 bits per heavy atom. The molecule has 3 rings (SSSR count). The number of hydrogen-bond acceptors (Lipinski definition) is 3. The third-order valence-electron chi connectivity index (χ3n) is 4.16. The van der Waals surface area contributed by atoms with Crippen LogP contribution < -0.4 is 5.32 Å². The number of nitrogens with zero attached hydrogens (tertiary/aromatic N) is 3. The average molecular weight is 362 g/mol. The van der Waals surface area contributed by atoms with Gasteiger partial charge in [0.1, 0.15) is 5.69 Å². The fourth-order valence-corrected chi connectivity index (χ4v) is 2.91. The fraction of sp³-hybridized carbons (Fsp3) is 0.533. The van der Waals surface area contributed by atoms with Crippen LogP contribution >= 0.6 is 0 Å². The van der Waals surface area contributed by atoms with E-state index in [9.17, 15) is 26.7 Å². The highest BCUT2D eigenvalue weighted by molar-refractivity contribution is 5.93. The SMILES string of the molecule is Cc1cc(C(F)(F)C(F)(F)F)n2nc(C(=O)NC3CCCC3)cc2n1. The Hall–Kier alpha value is -2.26. The molecule has 0 spiro atoms. The first-order valence-corrected chi connectivity index (χ1v) is 7.73. The molecule has 1 aliphatic rings. The summed E-state index contributed by atoms with van der Waals surface area (Å²) in [6.45, 7) is 1.29. The first kappa shape index (κ1) is 17.6. The molecule has 2 aromatic rings. The van der Waals surface area contributed by atoms with Crippen LogP contribution in [-0.2, 0) is 5.92 Å². The van der Waals surface area contributed by atoms with Crippen molar-refractivity contribution in [2.75, 3.05) is 0 Å². The van der Waals surface area contributed by atoms with E-state index in [0.29, 0.717) is 10.6 Å². The van der Waals surface area contributed by atoms with Crippen LogP contribution in [-0.4, -0.2) is 32.7 Å². The molecule has 1 saturated carbocycles. The van der Waals surface area contributed by atoms with Crippen molar-refractivity contribution in [3.63, 3.8) is 0 Å². The largest absolute Gasteiger partial charge is 0.459 e. The van der Waals surface area contributed by atoms with Crippen molar-refractivity contribution >= 4 is 11.6 Å². The molecule has 2 heterocycles. The molecule has 136 valence electrons. The van der Waals surface area contributed by atoms with E-state index in [4.69, 9.17) is 0 Å². The van der Waals surface area contributed by atoms with E-state index in [-0.39, 0.29) is 23.1 Å². The summed E-state index contributed by atoms with van der Waals surface area (Å²) >= 11 is 0. The third kappa shape index (κ3) is 3.16. The molecule has 0 bridgehead atoms. The summed E-state index contributed by atoms with van der Waals surface area (Å²) in [5.74, 6) is -5.74. The van der Waals surface area contributed by atoms with Gasteiger partial charge in [0.15, 0.2) is 11.3 Å². The van der Waals surface area contributed by atoms with Crippen molar-refractivity contribution in [1.82, 2.24) is 19.9 Å². The molecule has 25 heavy (non-hydrogen) atoms. The first-order valence-electron chi connectivity index (χ1n) is 7.73. The topological polar surface area (TPSA) is 59.3 Å². The van der Waals surface area contributed by atoms with Gasteiger partial charge in [-0.3, -0.25) is 4.79 Å². The van der Waals surface area contributed by atoms with E-state index < -0.39 is 23.7 Å². The van der Waals surface area contributed by atoms with Gasteiger partial charge in [-0.1, -0.05) is 12.8 Å². The minimum atomic E-state index is -5.79. The molecular weight excluding hydrogens is 347 g/mol. The second-order valence-electron chi connectivity index (χ2n) is 6.11. The zero-order chi connectivity index (χ0) is 18.4. The van der Waals surface area contributed by atoms with Gasteiger partial charge in [-0.25, -0.2) is 9.50 Å². The quantitative estimate of drug-likeness (QED) is 0.852. The average Bonchev–Trinajstić information content (AvgIpc) is 3.13. The molecule has 0 aliphatic heterocycles. The minimum Gasteiger partial charge on any atom is -0.348 e. The smallest absolute Gasteiger partial charge is 0.348 e. The zero-order valence-corrected chi connectivity index (χ0v) is 13.2. The molecule has 0 radical (unpaired) electrons. The van der Waals surface area contributed by atoms with Gasteiger partial charge in [0.25, 0.3) is 5.91 Å². The third-order valence-corrected chi connectivity index (χ3v) is 4.16. The van der Waals surface area contributed by atoms with Crippen LogP contribution in [0.15, 0.2) is 12.1 Å². The number of aryl methyl sites for hydroxylation is 1. The molecule has 0 aromatic carbocycles.